The zero-order valence-corrected chi connectivity index (χ0v) is 30.0. The Labute approximate surface area is 321 Å². The highest BCUT2D eigenvalue weighted by molar-refractivity contribution is 6.18. The second kappa shape index (κ2) is 11.9. The van der Waals surface area contributed by atoms with Crippen molar-refractivity contribution < 1.29 is 4.42 Å². The number of aromatic nitrogens is 3. The molecule has 0 fully saturated rings. The maximum atomic E-state index is 6.55. The van der Waals surface area contributed by atoms with Crippen LogP contribution in [0.1, 0.15) is 0 Å². The van der Waals surface area contributed by atoms with Crippen molar-refractivity contribution in [2.24, 2.45) is 0 Å². The summed E-state index contributed by atoms with van der Waals surface area (Å²) in [5, 5.41) is 9.03. The number of fused-ring (bicyclic) bond motifs is 7. The van der Waals surface area contributed by atoms with Gasteiger partial charge in [0.15, 0.2) is 17.5 Å². The lowest BCUT2D eigenvalue weighted by Gasteiger charge is -2.35. The highest BCUT2D eigenvalue weighted by Crippen LogP contribution is 2.54. The van der Waals surface area contributed by atoms with Gasteiger partial charge >= 0.3 is 0 Å². The molecule has 0 amide bonds. The number of benzene rings is 9. The normalized spacial score (nSPS) is 12.2. The molecule has 0 aliphatic carbocycles. The second-order valence-electron chi connectivity index (χ2n) is 14.4. The Hall–Kier alpha value is -7.63. The molecule has 260 valence electrons. The molecule has 0 radical (unpaired) electrons. The van der Waals surface area contributed by atoms with E-state index in [2.05, 4.69) is 144 Å². The number of rotatable bonds is 4. The first-order chi connectivity index (χ1) is 27.8. The summed E-state index contributed by atoms with van der Waals surface area (Å²) in [5.74, 6) is 1.73. The lowest BCUT2D eigenvalue weighted by atomic mass is 9.88. The van der Waals surface area contributed by atoms with Crippen molar-refractivity contribution in [3.05, 3.63) is 182 Å². The molecule has 9 aromatic carbocycles. The van der Waals surface area contributed by atoms with E-state index < -0.39 is 0 Å². The Kier molecular flexibility index (Phi) is 6.56. The minimum atomic E-state index is 0.551. The Morgan fingerprint density at radius 1 is 0.375 bits per heavy atom. The minimum Gasteiger partial charge on any atom is -0.455 e. The van der Waals surface area contributed by atoms with Crippen molar-refractivity contribution in [2.75, 3.05) is 4.90 Å². The molecule has 2 aromatic heterocycles. The quantitative estimate of drug-likeness (QED) is 0.182. The summed E-state index contributed by atoms with van der Waals surface area (Å²) in [5.41, 5.74) is 9.85. The Balaban J connectivity index is 1.19. The van der Waals surface area contributed by atoms with E-state index in [1.165, 1.54) is 32.7 Å². The van der Waals surface area contributed by atoms with Gasteiger partial charge in [-0.25, -0.2) is 15.0 Å². The van der Waals surface area contributed by atoms with Gasteiger partial charge in [-0.05, 0) is 68.9 Å². The van der Waals surface area contributed by atoms with Crippen molar-refractivity contribution in [3.63, 3.8) is 0 Å². The van der Waals surface area contributed by atoms with Gasteiger partial charge in [0.2, 0.25) is 0 Å². The van der Waals surface area contributed by atoms with E-state index in [9.17, 15) is 0 Å². The lowest BCUT2D eigenvalue weighted by Crippen LogP contribution is -2.16. The van der Waals surface area contributed by atoms with Crippen molar-refractivity contribution in [1.82, 2.24) is 15.0 Å². The summed E-state index contributed by atoms with van der Waals surface area (Å²) in [6.45, 7) is 0. The van der Waals surface area contributed by atoms with Gasteiger partial charge in [-0.2, -0.15) is 0 Å². The third kappa shape index (κ3) is 4.58. The highest BCUT2D eigenvalue weighted by Gasteiger charge is 2.30. The van der Waals surface area contributed by atoms with Gasteiger partial charge in [-0.15, -0.1) is 0 Å². The highest BCUT2D eigenvalue weighted by atomic mass is 16.3. The van der Waals surface area contributed by atoms with Crippen molar-refractivity contribution >= 4 is 71.3 Å². The third-order valence-electron chi connectivity index (χ3n) is 11.2. The standard InChI is InChI=1S/C51H30N4O/c1-2-14-33(15-3-1)49-52-50(40-24-12-23-39-37-21-8-9-26-45(37)56-48(39)40)54-51(53-49)47-36-20-7-6-13-31(36)27-28-43(47)55-42-25-11-19-32-18-10-22-38(46(32)42)41-29-34-16-4-5-17-35(34)30-44(41)55/h1-30H. The monoisotopic (exact) mass is 714 g/mol. The van der Waals surface area contributed by atoms with Crippen LogP contribution in [-0.4, -0.2) is 15.0 Å². The number of nitrogens with zero attached hydrogens (tertiary/aromatic N) is 4. The van der Waals surface area contributed by atoms with Crippen molar-refractivity contribution in [1.29, 1.82) is 0 Å². The van der Waals surface area contributed by atoms with E-state index in [0.29, 0.717) is 17.5 Å². The zero-order valence-electron chi connectivity index (χ0n) is 30.0. The molecule has 5 nitrogen and oxygen atoms in total. The summed E-state index contributed by atoms with van der Waals surface area (Å²) in [6.07, 6.45) is 0. The molecule has 5 heteroatoms. The maximum absolute atomic E-state index is 6.55. The van der Waals surface area contributed by atoms with E-state index in [4.69, 9.17) is 19.4 Å². The first-order valence-electron chi connectivity index (χ1n) is 18.9. The molecular weight excluding hydrogens is 685 g/mol. The van der Waals surface area contributed by atoms with E-state index >= 15 is 0 Å². The fourth-order valence-corrected chi connectivity index (χ4v) is 8.68. The molecule has 0 spiro atoms. The predicted molar refractivity (Wildman–Crippen MR) is 230 cm³/mol. The van der Waals surface area contributed by atoms with Crippen LogP contribution < -0.4 is 4.90 Å². The predicted octanol–water partition coefficient (Wildman–Crippen LogP) is 13.7. The fourth-order valence-electron chi connectivity index (χ4n) is 8.68. The fraction of sp³-hybridized carbons (Fsp3) is 0. The minimum absolute atomic E-state index is 0.551. The van der Waals surface area contributed by atoms with Gasteiger partial charge in [0, 0.05) is 27.3 Å². The van der Waals surface area contributed by atoms with Gasteiger partial charge in [0.1, 0.15) is 11.2 Å². The Bertz CT molecular complexity index is 3380. The molecular formula is C51H30N4O. The van der Waals surface area contributed by atoms with Crippen LogP contribution in [-0.2, 0) is 0 Å². The molecule has 0 bridgehead atoms. The van der Waals surface area contributed by atoms with Crippen LogP contribution in [0.25, 0.3) is 99.5 Å². The van der Waals surface area contributed by atoms with Gasteiger partial charge in [0.05, 0.1) is 28.2 Å². The van der Waals surface area contributed by atoms with Crippen LogP contribution in [0.2, 0.25) is 0 Å². The van der Waals surface area contributed by atoms with Crippen LogP contribution in [0.4, 0.5) is 17.1 Å². The molecule has 12 rings (SSSR count). The summed E-state index contributed by atoms with van der Waals surface area (Å²) >= 11 is 0. The molecule has 0 unspecified atom stereocenters. The Morgan fingerprint density at radius 2 is 1.02 bits per heavy atom. The van der Waals surface area contributed by atoms with Gasteiger partial charge in [0.25, 0.3) is 0 Å². The van der Waals surface area contributed by atoms with Gasteiger partial charge in [-0.3, -0.25) is 0 Å². The van der Waals surface area contributed by atoms with Crippen molar-refractivity contribution in [3.8, 4) is 45.3 Å². The molecule has 0 atom stereocenters. The number of furan rings is 1. The van der Waals surface area contributed by atoms with Crippen molar-refractivity contribution in [2.45, 2.75) is 0 Å². The van der Waals surface area contributed by atoms with E-state index in [1.807, 2.05) is 42.5 Å². The smallest absolute Gasteiger partial charge is 0.167 e. The van der Waals surface area contributed by atoms with E-state index in [-0.39, 0.29) is 0 Å². The second-order valence-corrected chi connectivity index (χ2v) is 14.4. The number of hydrogen-bond acceptors (Lipinski definition) is 5. The average Bonchev–Trinajstić information content (AvgIpc) is 3.65. The zero-order chi connectivity index (χ0) is 36.7. The summed E-state index contributed by atoms with van der Waals surface area (Å²) in [6, 6.07) is 64.0. The van der Waals surface area contributed by atoms with Crippen LogP contribution >= 0.6 is 0 Å². The van der Waals surface area contributed by atoms with E-state index in [1.54, 1.807) is 0 Å². The Morgan fingerprint density at radius 3 is 1.89 bits per heavy atom. The molecule has 56 heavy (non-hydrogen) atoms. The number of anilines is 3. The first-order valence-corrected chi connectivity index (χ1v) is 18.9. The topological polar surface area (TPSA) is 55.1 Å². The molecule has 1 aliphatic heterocycles. The molecule has 0 N–H and O–H groups in total. The molecule has 1 aliphatic rings. The molecule has 11 aromatic rings. The molecule has 3 heterocycles. The third-order valence-corrected chi connectivity index (χ3v) is 11.2. The van der Waals surface area contributed by atoms with E-state index in [0.717, 1.165) is 66.5 Å². The van der Waals surface area contributed by atoms with Gasteiger partial charge in [-0.1, -0.05) is 146 Å². The lowest BCUT2D eigenvalue weighted by molar-refractivity contribution is 0.669. The molecule has 0 saturated carbocycles. The maximum Gasteiger partial charge on any atom is 0.167 e. The first kappa shape index (κ1) is 30.8. The summed E-state index contributed by atoms with van der Waals surface area (Å²) in [7, 11) is 0. The van der Waals surface area contributed by atoms with Crippen LogP contribution in [0, 0.1) is 0 Å². The summed E-state index contributed by atoms with van der Waals surface area (Å²) in [4.78, 5) is 18.4. The summed E-state index contributed by atoms with van der Waals surface area (Å²) < 4.78 is 6.55. The SMILES string of the molecule is c1ccc(-c2nc(-c3c(N4c5cc6ccccc6cc5-c5cccc6cccc4c56)ccc4ccccc34)nc(-c3cccc4c3oc3ccccc34)n2)cc1. The molecule has 0 saturated heterocycles. The van der Waals surface area contributed by atoms with Crippen LogP contribution in [0.15, 0.2) is 186 Å². The van der Waals surface area contributed by atoms with Crippen LogP contribution in [0.3, 0.4) is 0 Å². The number of para-hydroxylation sites is 2. The van der Waals surface area contributed by atoms with Gasteiger partial charge < -0.3 is 9.32 Å². The largest absolute Gasteiger partial charge is 0.455 e. The number of hydrogen-bond donors (Lipinski definition) is 0. The average molecular weight is 715 g/mol. The van der Waals surface area contributed by atoms with Crippen LogP contribution in [0.5, 0.6) is 0 Å².